The van der Waals surface area contributed by atoms with E-state index in [0.717, 1.165) is 42.4 Å². The van der Waals surface area contributed by atoms with E-state index >= 15 is 0 Å². The van der Waals surface area contributed by atoms with Gasteiger partial charge in [-0.05, 0) is 42.0 Å². The van der Waals surface area contributed by atoms with Gasteiger partial charge in [0.25, 0.3) is 0 Å². The van der Waals surface area contributed by atoms with Crippen LogP contribution in [0.4, 0.5) is 0 Å². The molecule has 3 rings (SSSR count). The van der Waals surface area contributed by atoms with Gasteiger partial charge in [0.1, 0.15) is 23.9 Å². The molecular formula is C22H27ClN2O4. The highest BCUT2D eigenvalue weighted by molar-refractivity contribution is 6.30. The Balaban J connectivity index is 1.52. The minimum atomic E-state index is 0.160. The molecule has 1 amide bonds. The van der Waals surface area contributed by atoms with E-state index in [0.29, 0.717) is 31.1 Å². The van der Waals surface area contributed by atoms with Gasteiger partial charge in [-0.3, -0.25) is 9.69 Å². The van der Waals surface area contributed by atoms with Gasteiger partial charge < -0.3 is 19.1 Å². The summed E-state index contributed by atoms with van der Waals surface area (Å²) in [6, 6.07) is 13.1. The van der Waals surface area contributed by atoms with Crippen molar-refractivity contribution in [3.05, 3.63) is 53.1 Å². The van der Waals surface area contributed by atoms with Gasteiger partial charge in [0.2, 0.25) is 5.91 Å². The minimum absolute atomic E-state index is 0.160. The van der Waals surface area contributed by atoms with E-state index in [2.05, 4.69) is 4.90 Å². The van der Waals surface area contributed by atoms with E-state index in [1.807, 2.05) is 47.4 Å². The molecule has 1 heterocycles. The first-order valence-corrected chi connectivity index (χ1v) is 10.1. The average molecular weight is 419 g/mol. The Hall–Kier alpha value is -2.44. The van der Waals surface area contributed by atoms with Crippen molar-refractivity contribution in [1.29, 1.82) is 0 Å². The fourth-order valence-electron chi connectivity index (χ4n) is 3.30. The Morgan fingerprint density at radius 1 is 0.931 bits per heavy atom. The van der Waals surface area contributed by atoms with Crippen LogP contribution in [0, 0.1) is 0 Å². The molecule has 1 saturated heterocycles. The van der Waals surface area contributed by atoms with Crippen LogP contribution in [0.3, 0.4) is 0 Å². The molecule has 0 aromatic heterocycles. The summed E-state index contributed by atoms with van der Waals surface area (Å²) in [5, 5.41) is 0.692. The molecule has 1 aliphatic heterocycles. The van der Waals surface area contributed by atoms with Crippen molar-refractivity contribution in [2.24, 2.45) is 0 Å². The van der Waals surface area contributed by atoms with Crippen molar-refractivity contribution in [2.75, 3.05) is 47.0 Å². The van der Waals surface area contributed by atoms with Crippen molar-refractivity contribution in [3.63, 3.8) is 0 Å². The van der Waals surface area contributed by atoms with E-state index in [1.165, 1.54) is 0 Å². The van der Waals surface area contributed by atoms with E-state index in [1.54, 1.807) is 14.2 Å². The summed E-state index contributed by atoms with van der Waals surface area (Å²) in [7, 11) is 3.25. The van der Waals surface area contributed by atoms with Crippen LogP contribution in [0.2, 0.25) is 5.02 Å². The molecule has 0 radical (unpaired) electrons. The smallest absolute Gasteiger partial charge is 0.224 e. The highest BCUT2D eigenvalue weighted by atomic mass is 35.5. The van der Waals surface area contributed by atoms with Gasteiger partial charge >= 0.3 is 0 Å². The molecule has 2 aromatic carbocycles. The first-order valence-electron chi connectivity index (χ1n) is 9.68. The van der Waals surface area contributed by atoms with E-state index in [-0.39, 0.29) is 5.91 Å². The summed E-state index contributed by atoms with van der Waals surface area (Å²) in [4.78, 5) is 16.8. The molecule has 0 spiro atoms. The molecular weight excluding hydrogens is 392 g/mol. The predicted octanol–water partition coefficient (Wildman–Crippen LogP) is 3.47. The maximum atomic E-state index is 12.6. The second-order valence-corrected chi connectivity index (χ2v) is 7.37. The van der Waals surface area contributed by atoms with Crippen molar-refractivity contribution in [3.8, 4) is 17.2 Å². The molecule has 1 fully saturated rings. The Kier molecular flexibility index (Phi) is 7.61. The van der Waals surface area contributed by atoms with Crippen LogP contribution in [0.5, 0.6) is 17.2 Å². The maximum Gasteiger partial charge on any atom is 0.224 e. The Morgan fingerprint density at radius 3 is 2.28 bits per heavy atom. The van der Waals surface area contributed by atoms with E-state index in [9.17, 15) is 4.79 Å². The fourth-order valence-corrected chi connectivity index (χ4v) is 3.43. The van der Waals surface area contributed by atoms with Gasteiger partial charge in [-0.1, -0.05) is 11.6 Å². The standard InChI is InChI=1S/C22H27ClN2O4/c1-27-20-13-17(14-21(15-20)28-2)16-25-10-9-24(8-7-22(25)26)11-12-29-19-5-3-18(23)4-6-19/h3-6,13-15H,7-12,16H2,1-2H3. The molecule has 0 atom stereocenters. The van der Waals surface area contributed by atoms with Gasteiger partial charge in [-0.15, -0.1) is 0 Å². The highest BCUT2D eigenvalue weighted by Crippen LogP contribution is 2.24. The molecule has 0 bridgehead atoms. The highest BCUT2D eigenvalue weighted by Gasteiger charge is 2.21. The van der Waals surface area contributed by atoms with Crippen LogP contribution in [-0.2, 0) is 11.3 Å². The van der Waals surface area contributed by atoms with E-state index in [4.69, 9.17) is 25.8 Å². The SMILES string of the molecule is COc1cc(CN2CCN(CCOc3ccc(Cl)cc3)CCC2=O)cc(OC)c1. The van der Waals surface area contributed by atoms with Crippen LogP contribution in [0.15, 0.2) is 42.5 Å². The zero-order chi connectivity index (χ0) is 20.6. The normalized spacial score (nSPS) is 15.1. The number of halogens is 1. The molecule has 2 aromatic rings. The Bertz CT molecular complexity index is 791. The fraction of sp³-hybridized carbons (Fsp3) is 0.409. The summed E-state index contributed by atoms with van der Waals surface area (Å²) >= 11 is 5.89. The molecule has 156 valence electrons. The lowest BCUT2D eigenvalue weighted by atomic mass is 10.2. The van der Waals surface area contributed by atoms with Gasteiger partial charge in [-0.25, -0.2) is 0 Å². The zero-order valence-corrected chi connectivity index (χ0v) is 17.7. The molecule has 0 unspecified atom stereocenters. The number of rotatable bonds is 8. The number of methoxy groups -OCH3 is 2. The van der Waals surface area contributed by atoms with Crippen LogP contribution in [-0.4, -0.2) is 62.7 Å². The van der Waals surface area contributed by atoms with Gasteiger partial charge in [0.15, 0.2) is 0 Å². The molecule has 0 saturated carbocycles. The molecule has 0 N–H and O–H groups in total. The topological polar surface area (TPSA) is 51.2 Å². The molecule has 29 heavy (non-hydrogen) atoms. The van der Waals surface area contributed by atoms with Gasteiger partial charge in [-0.2, -0.15) is 0 Å². The monoisotopic (exact) mass is 418 g/mol. The summed E-state index contributed by atoms with van der Waals surface area (Å²) in [5.74, 6) is 2.41. The number of carbonyl (C=O) groups excluding carboxylic acids is 1. The Morgan fingerprint density at radius 2 is 1.62 bits per heavy atom. The lowest BCUT2D eigenvalue weighted by molar-refractivity contribution is -0.130. The third-order valence-electron chi connectivity index (χ3n) is 4.96. The van der Waals surface area contributed by atoms with Crippen LogP contribution < -0.4 is 14.2 Å². The van der Waals surface area contributed by atoms with Crippen LogP contribution in [0.1, 0.15) is 12.0 Å². The number of amides is 1. The molecule has 1 aliphatic rings. The molecule has 0 aliphatic carbocycles. The predicted molar refractivity (Wildman–Crippen MR) is 113 cm³/mol. The first-order chi connectivity index (χ1) is 14.1. The number of benzene rings is 2. The van der Waals surface area contributed by atoms with Crippen LogP contribution in [0.25, 0.3) is 0 Å². The van der Waals surface area contributed by atoms with Gasteiger partial charge in [0.05, 0.1) is 14.2 Å². The molecule has 7 heteroatoms. The summed E-state index contributed by atoms with van der Waals surface area (Å²) in [6.07, 6.45) is 0.502. The number of carbonyl (C=O) groups is 1. The number of hydrogen-bond acceptors (Lipinski definition) is 5. The number of hydrogen-bond donors (Lipinski definition) is 0. The van der Waals surface area contributed by atoms with E-state index < -0.39 is 0 Å². The second kappa shape index (κ2) is 10.4. The number of nitrogens with zero attached hydrogens (tertiary/aromatic N) is 2. The van der Waals surface area contributed by atoms with Crippen molar-refractivity contribution < 1.29 is 19.0 Å². The number of ether oxygens (including phenoxy) is 3. The largest absolute Gasteiger partial charge is 0.497 e. The first kappa shape index (κ1) is 21.3. The summed E-state index contributed by atoms with van der Waals surface area (Å²) in [5.41, 5.74) is 0.995. The quantitative estimate of drug-likeness (QED) is 0.657. The zero-order valence-electron chi connectivity index (χ0n) is 16.9. The maximum absolute atomic E-state index is 12.6. The second-order valence-electron chi connectivity index (χ2n) is 6.93. The van der Waals surface area contributed by atoms with Crippen molar-refractivity contribution in [2.45, 2.75) is 13.0 Å². The van der Waals surface area contributed by atoms with Gasteiger partial charge in [0, 0.05) is 50.2 Å². The summed E-state index contributed by atoms with van der Waals surface area (Å²) < 4.78 is 16.4. The molecule has 6 nitrogen and oxygen atoms in total. The lowest BCUT2D eigenvalue weighted by Gasteiger charge is -2.22. The third kappa shape index (κ3) is 6.27. The lowest BCUT2D eigenvalue weighted by Crippen LogP contribution is -2.34. The Labute approximate surface area is 176 Å². The minimum Gasteiger partial charge on any atom is -0.497 e. The summed E-state index contributed by atoms with van der Waals surface area (Å²) in [6.45, 7) is 4.12. The third-order valence-corrected chi connectivity index (χ3v) is 5.21. The van der Waals surface area contributed by atoms with Crippen molar-refractivity contribution in [1.82, 2.24) is 9.80 Å². The van der Waals surface area contributed by atoms with Crippen LogP contribution >= 0.6 is 11.6 Å². The van der Waals surface area contributed by atoms with Crippen molar-refractivity contribution >= 4 is 17.5 Å². The average Bonchev–Trinajstić information content (AvgIpc) is 2.91.